The number of nitrogens with zero attached hydrogens (tertiary/aromatic N) is 1. The standard InChI is InChI=1S/C19H35N9O7S/c20-9(2-1-7-25-19(23)24)15(31)26-10(3-5-13(21)29)16(32)27-11(4-6-14(22)30)17(33)28-12(8-36)18(34)35/h9-12,36H,1-8,20H2,(H2,21,29)(H2,22,30)(H,26,31)(H,27,32)(H,28,33)(H,34,35)(H4,23,24,25). The van der Waals surface area contributed by atoms with E-state index < -0.39 is 59.7 Å². The van der Waals surface area contributed by atoms with Crippen molar-refractivity contribution in [3.8, 4) is 0 Å². The van der Waals surface area contributed by atoms with Crippen LogP contribution in [0.2, 0.25) is 0 Å². The van der Waals surface area contributed by atoms with Crippen molar-refractivity contribution in [3.05, 3.63) is 0 Å². The van der Waals surface area contributed by atoms with E-state index in [2.05, 4.69) is 33.6 Å². The summed E-state index contributed by atoms with van der Waals surface area (Å²) in [6, 6.07) is -5.11. The molecule has 0 radical (unpaired) electrons. The van der Waals surface area contributed by atoms with Crippen molar-refractivity contribution in [2.45, 2.75) is 62.7 Å². The molecule has 14 N–H and O–H groups in total. The summed E-state index contributed by atoms with van der Waals surface area (Å²) in [7, 11) is 0. The molecule has 4 unspecified atom stereocenters. The van der Waals surface area contributed by atoms with E-state index in [1.54, 1.807) is 0 Å². The average molecular weight is 534 g/mol. The van der Waals surface area contributed by atoms with E-state index in [1.807, 2.05) is 0 Å². The molecular formula is C19H35N9O7S. The van der Waals surface area contributed by atoms with Crippen molar-refractivity contribution in [3.63, 3.8) is 0 Å². The molecular weight excluding hydrogens is 498 g/mol. The van der Waals surface area contributed by atoms with Crippen LogP contribution in [0.3, 0.4) is 0 Å². The maximum atomic E-state index is 12.9. The highest BCUT2D eigenvalue weighted by atomic mass is 32.1. The van der Waals surface area contributed by atoms with Gasteiger partial charge >= 0.3 is 5.97 Å². The highest BCUT2D eigenvalue weighted by Crippen LogP contribution is 2.05. The van der Waals surface area contributed by atoms with Gasteiger partial charge in [0.15, 0.2) is 5.96 Å². The van der Waals surface area contributed by atoms with Crippen molar-refractivity contribution in [1.29, 1.82) is 0 Å². The van der Waals surface area contributed by atoms with Crippen LogP contribution in [0.1, 0.15) is 38.5 Å². The van der Waals surface area contributed by atoms with Gasteiger partial charge in [-0.15, -0.1) is 0 Å². The minimum atomic E-state index is -1.38. The van der Waals surface area contributed by atoms with Crippen molar-refractivity contribution in [1.82, 2.24) is 16.0 Å². The molecule has 16 nitrogen and oxygen atoms in total. The lowest BCUT2D eigenvalue weighted by molar-refractivity contribution is -0.141. The summed E-state index contributed by atoms with van der Waals surface area (Å²) < 4.78 is 0. The maximum absolute atomic E-state index is 12.9. The molecule has 0 aliphatic heterocycles. The van der Waals surface area contributed by atoms with E-state index in [0.717, 1.165) is 0 Å². The molecule has 0 fully saturated rings. The van der Waals surface area contributed by atoms with Crippen molar-refractivity contribution < 1.29 is 33.9 Å². The summed E-state index contributed by atoms with van der Waals surface area (Å²) in [4.78, 5) is 75.4. The van der Waals surface area contributed by atoms with Crippen LogP contribution in [0.15, 0.2) is 4.99 Å². The Morgan fingerprint density at radius 1 is 0.750 bits per heavy atom. The summed E-state index contributed by atoms with van der Waals surface area (Å²) in [6.45, 7) is 0.231. The van der Waals surface area contributed by atoms with Crippen LogP contribution in [0, 0.1) is 0 Å². The molecule has 0 aromatic heterocycles. The van der Waals surface area contributed by atoms with Gasteiger partial charge < -0.3 is 49.7 Å². The van der Waals surface area contributed by atoms with Gasteiger partial charge in [0.2, 0.25) is 29.5 Å². The average Bonchev–Trinajstić information content (AvgIpc) is 2.79. The van der Waals surface area contributed by atoms with E-state index >= 15 is 0 Å². The van der Waals surface area contributed by atoms with Crippen molar-refractivity contribution in [2.75, 3.05) is 12.3 Å². The lowest BCUT2D eigenvalue weighted by atomic mass is 10.1. The van der Waals surface area contributed by atoms with Crippen molar-refractivity contribution in [2.24, 2.45) is 33.7 Å². The van der Waals surface area contributed by atoms with Gasteiger partial charge in [0.1, 0.15) is 18.1 Å². The Bertz CT molecular complexity index is 836. The number of carbonyl (C=O) groups excluding carboxylic acids is 5. The molecule has 0 spiro atoms. The number of nitrogens with two attached hydrogens (primary N) is 5. The zero-order valence-electron chi connectivity index (χ0n) is 19.6. The second kappa shape index (κ2) is 16.9. The quantitative estimate of drug-likeness (QED) is 0.0347. The van der Waals surface area contributed by atoms with Gasteiger partial charge in [0.25, 0.3) is 0 Å². The molecule has 36 heavy (non-hydrogen) atoms. The fourth-order valence-corrected chi connectivity index (χ4v) is 3.02. The lowest BCUT2D eigenvalue weighted by Crippen LogP contribution is -2.57. The molecule has 0 aromatic carbocycles. The van der Waals surface area contributed by atoms with Gasteiger partial charge in [-0.25, -0.2) is 4.79 Å². The van der Waals surface area contributed by atoms with Gasteiger partial charge in [0, 0.05) is 25.1 Å². The predicted octanol–water partition coefficient (Wildman–Crippen LogP) is -4.63. The van der Waals surface area contributed by atoms with Gasteiger partial charge in [-0.1, -0.05) is 0 Å². The Hall–Kier alpha value is -3.60. The molecule has 0 bridgehead atoms. The number of guanidine groups is 1. The molecule has 0 saturated heterocycles. The molecule has 0 heterocycles. The first kappa shape index (κ1) is 32.4. The second-order valence-electron chi connectivity index (χ2n) is 7.77. The number of aliphatic carboxylic acids is 1. The van der Waals surface area contributed by atoms with Crippen LogP contribution in [0.25, 0.3) is 0 Å². The minimum Gasteiger partial charge on any atom is -0.480 e. The molecule has 5 amide bonds. The number of carboxylic acid groups (broad SMARTS) is 1. The molecule has 0 saturated carbocycles. The Kier molecular flexibility index (Phi) is 15.2. The minimum absolute atomic E-state index is 0.116. The van der Waals surface area contributed by atoms with Gasteiger partial charge in [-0.3, -0.25) is 29.0 Å². The Balaban J connectivity index is 5.46. The zero-order valence-corrected chi connectivity index (χ0v) is 20.5. The van der Waals surface area contributed by atoms with Crippen LogP contribution in [0.5, 0.6) is 0 Å². The molecule has 17 heteroatoms. The summed E-state index contributed by atoms with van der Waals surface area (Å²) in [5.41, 5.74) is 26.6. The largest absolute Gasteiger partial charge is 0.480 e. The normalized spacial score (nSPS) is 13.8. The number of nitrogens with one attached hydrogen (secondary N) is 3. The van der Waals surface area contributed by atoms with Gasteiger partial charge in [-0.05, 0) is 25.7 Å². The Labute approximate surface area is 212 Å². The number of carboxylic acids is 1. The zero-order chi connectivity index (χ0) is 27.8. The van der Waals surface area contributed by atoms with Crippen molar-refractivity contribution >= 4 is 54.1 Å². The number of primary amides is 2. The molecule has 0 aromatic rings. The number of amides is 5. The summed E-state index contributed by atoms with van der Waals surface area (Å²) in [5, 5.41) is 16.1. The van der Waals surface area contributed by atoms with E-state index in [4.69, 9.17) is 33.8 Å². The maximum Gasteiger partial charge on any atom is 0.327 e. The number of hydrogen-bond donors (Lipinski definition) is 10. The third-order valence-electron chi connectivity index (χ3n) is 4.73. The molecule has 4 atom stereocenters. The summed E-state index contributed by atoms with van der Waals surface area (Å²) in [6.07, 6.45) is -0.516. The molecule has 204 valence electrons. The summed E-state index contributed by atoms with van der Waals surface area (Å²) >= 11 is 3.85. The van der Waals surface area contributed by atoms with Crippen LogP contribution in [0.4, 0.5) is 0 Å². The van der Waals surface area contributed by atoms with Gasteiger partial charge in [0.05, 0.1) is 6.04 Å². The van der Waals surface area contributed by atoms with Crippen LogP contribution in [-0.2, 0) is 28.8 Å². The molecule has 0 rings (SSSR count). The molecule has 0 aliphatic rings. The first-order chi connectivity index (χ1) is 16.8. The number of carbonyl (C=O) groups is 6. The van der Waals surface area contributed by atoms with E-state index in [0.29, 0.717) is 6.42 Å². The van der Waals surface area contributed by atoms with Crippen LogP contribution >= 0.6 is 12.6 Å². The first-order valence-corrected chi connectivity index (χ1v) is 11.5. The summed E-state index contributed by atoms with van der Waals surface area (Å²) in [5.74, 6) is -5.75. The number of rotatable bonds is 18. The smallest absolute Gasteiger partial charge is 0.327 e. The Morgan fingerprint density at radius 3 is 1.58 bits per heavy atom. The van der Waals surface area contributed by atoms with E-state index in [-0.39, 0.29) is 50.4 Å². The first-order valence-electron chi connectivity index (χ1n) is 10.9. The third kappa shape index (κ3) is 14.0. The lowest BCUT2D eigenvalue weighted by Gasteiger charge is -2.24. The second-order valence-corrected chi connectivity index (χ2v) is 8.13. The van der Waals surface area contributed by atoms with Crippen LogP contribution in [-0.4, -0.2) is 83.0 Å². The van der Waals surface area contributed by atoms with Gasteiger partial charge in [-0.2, -0.15) is 12.6 Å². The monoisotopic (exact) mass is 533 g/mol. The van der Waals surface area contributed by atoms with E-state index in [1.165, 1.54) is 0 Å². The highest BCUT2D eigenvalue weighted by molar-refractivity contribution is 7.80. The SMILES string of the molecule is NC(=O)CCC(NC(=O)C(N)CCCN=C(N)N)C(=O)NC(CCC(N)=O)C(=O)NC(CS)C(=O)O. The third-order valence-corrected chi connectivity index (χ3v) is 5.09. The highest BCUT2D eigenvalue weighted by Gasteiger charge is 2.30. The number of thiol groups is 1. The number of hydrogen-bond acceptors (Lipinski definition) is 9. The topological polar surface area (TPSA) is 301 Å². The number of aliphatic imine (C=N–C) groups is 1. The fourth-order valence-electron chi connectivity index (χ4n) is 2.77. The Morgan fingerprint density at radius 2 is 1.19 bits per heavy atom. The predicted molar refractivity (Wildman–Crippen MR) is 132 cm³/mol. The molecule has 0 aliphatic carbocycles. The van der Waals surface area contributed by atoms with Crippen LogP contribution < -0.4 is 44.6 Å². The van der Waals surface area contributed by atoms with E-state index in [9.17, 15) is 28.8 Å². The fraction of sp³-hybridized carbons (Fsp3) is 0.632.